The van der Waals surface area contributed by atoms with Gasteiger partial charge in [0.2, 0.25) is 0 Å². The van der Waals surface area contributed by atoms with Gasteiger partial charge in [0.05, 0.1) is 0 Å². The summed E-state index contributed by atoms with van der Waals surface area (Å²) in [6.07, 6.45) is 2.20. The van der Waals surface area contributed by atoms with Gasteiger partial charge in [0.1, 0.15) is 0 Å². The number of ether oxygens (including phenoxy) is 1. The maximum atomic E-state index is 11.0. The molecular weight excluding hydrogens is 244 g/mol. The number of hydrogen-bond donors (Lipinski definition) is 3. The molecule has 1 aliphatic rings. The molecule has 1 heterocycles. The van der Waals surface area contributed by atoms with Gasteiger partial charge in [-0.2, -0.15) is 0 Å². The van der Waals surface area contributed by atoms with Crippen molar-refractivity contribution in [3.63, 3.8) is 0 Å². The predicted molar refractivity (Wildman–Crippen MR) is 75.1 cm³/mol. The van der Waals surface area contributed by atoms with Gasteiger partial charge in [-0.05, 0) is 43.1 Å². The normalized spacial score (nSPS) is 23.7. The molecule has 3 atom stereocenters. The molecule has 5 heteroatoms. The van der Waals surface area contributed by atoms with Gasteiger partial charge in [-0.1, -0.05) is 20.8 Å². The van der Waals surface area contributed by atoms with Crippen LogP contribution in [0.3, 0.4) is 0 Å². The molecule has 112 valence electrons. The number of rotatable bonds is 5. The highest BCUT2D eigenvalue weighted by molar-refractivity contribution is 5.65. The van der Waals surface area contributed by atoms with Gasteiger partial charge in [-0.3, -0.25) is 0 Å². The van der Waals surface area contributed by atoms with E-state index in [1.807, 2.05) is 20.8 Å². The Hall–Kier alpha value is -0.810. The zero-order valence-electron chi connectivity index (χ0n) is 12.3. The molecule has 1 amide bonds. The second-order valence-electron chi connectivity index (χ2n) is 6.61. The summed E-state index contributed by atoms with van der Waals surface area (Å²) in [6.45, 7) is 8.27. The van der Waals surface area contributed by atoms with Gasteiger partial charge in [0, 0.05) is 19.3 Å². The van der Waals surface area contributed by atoms with E-state index in [-0.39, 0.29) is 17.4 Å². The minimum atomic E-state index is -0.974. The zero-order chi connectivity index (χ0) is 14.5. The first kappa shape index (κ1) is 16.2. The van der Waals surface area contributed by atoms with Crippen LogP contribution in [0.1, 0.15) is 40.0 Å². The van der Waals surface area contributed by atoms with Crippen molar-refractivity contribution in [3.05, 3.63) is 0 Å². The lowest BCUT2D eigenvalue weighted by molar-refractivity contribution is 0.0381. The molecule has 0 aliphatic carbocycles. The van der Waals surface area contributed by atoms with Gasteiger partial charge in [-0.15, -0.1) is 0 Å². The number of nitrogens with one attached hydrogen (secondary N) is 1. The Labute approximate surface area is 115 Å². The summed E-state index contributed by atoms with van der Waals surface area (Å²) in [7, 11) is 0. The van der Waals surface area contributed by atoms with Crippen LogP contribution in [0, 0.1) is 17.3 Å². The predicted octanol–water partition coefficient (Wildman–Crippen LogP) is 2.06. The molecule has 1 rings (SSSR count). The first-order valence-corrected chi connectivity index (χ1v) is 7.12. The van der Waals surface area contributed by atoms with Crippen molar-refractivity contribution in [2.45, 2.75) is 46.1 Å². The van der Waals surface area contributed by atoms with Crippen molar-refractivity contribution < 1.29 is 14.6 Å². The Morgan fingerprint density at radius 3 is 2.63 bits per heavy atom. The van der Waals surface area contributed by atoms with Crippen LogP contribution in [0.15, 0.2) is 0 Å². The number of carbonyl (C=O) groups is 1. The van der Waals surface area contributed by atoms with Gasteiger partial charge in [0.25, 0.3) is 0 Å². The van der Waals surface area contributed by atoms with E-state index in [0.717, 1.165) is 32.5 Å². The third-order valence-electron chi connectivity index (χ3n) is 3.88. The third-order valence-corrected chi connectivity index (χ3v) is 3.88. The van der Waals surface area contributed by atoms with Crippen LogP contribution < -0.4 is 11.1 Å². The molecule has 0 spiro atoms. The third kappa shape index (κ3) is 5.37. The number of hydrogen-bond acceptors (Lipinski definition) is 3. The molecule has 2 unspecified atom stereocenters. The number of nitrogens with two attached hydrogens (primary N) is 1. The molecule has 1 saturated heterocycles. The van der Waals surface area contributed by atoms with Gasteiger partial charge >= 0.3 is 6.09 Å². The molecule has 1 aliphatic heterocycles. The van der Waals surface area contributed by atoms with Crippen molar-refractivity contribution in [1.82, 2.24) is 5.32 Å². The van der Waals surface area contributed by atoms with Crippen molar-refractivity contribution in [2.24, 2.45) is 23.0 Å². The molecule has 0 aromatic carbocycles. The van der Waals surface area contributed by atoms with Crippen LogP contribution in [0.25, 0.3) is 0 Å². The Balaban J connectivity index is 2.68. The molecule has 19 heavy (non-hydrogen) atoms. The standard InChI is InChI=1S/C14H28N2O3/c1-14(2,3)12(16-13(17)18)11(8-15)7-10-5-4-6-19-9-10/h10-12,16H,4-9,15H2,1-3H3,(H,17,18)/t10-,11?,12?/m0/s1. The van der Waals surface area contributed by atoms with Crippen LogP contribution in [0.4, 0.5) is 4.79 Å². The van der Waals surface area contributed by atoms with E-state index in [9.17, 15) is 4.79 Å². The molecule has 5 nitrogen and oxygen atoms in total. The minimum absolute atomic E-state index is 0.128. The van der Waals surface area contributed by atoms with Crippen molar-refractivity contribution >= 4 is 6.09 Å². The summed E-state index contributed by atoms with van der Waals surface area (Å²) < 4.78 is 5.50. The monoisotopic (exact) mass is 272 g/mol. The Morgan fingerprint density at radius 2 is 2.21 bits per heavy atom. The first-order valence-electron chi connectivity index (χ1n) is 7.12. The van der Waals surface area contributed by atoms with E-state index in [4.69, 9.17) is 15.6 Å². The zero-order valence-corrected chi connectivity index (χ0v) is 12.3. The maximum Gasteiger partial charge on any atom is 0.404 e. The largest absolute Gasteiger partial charge is 0.465 e. The van der Waals surface area contributed by atoms with Crippen LogP contribution >= 0.6 is 0 Å². The number of carboxylic acid groups (broad SMARTS) is 1. The minimum Gasteiger partial charge on any atom is -0.465 e. The molecule has 0 aromatic rings. The SMILES string of the molecule is CC(C)(C)C(NC(=O)O)C(CN)C[C@@H]1CCCOC1. The van der Waals surface area contributed by atoms with Crippen molar-refractivity contribution in [3.8, 4) is 0 Å². The topological polar surface area (TPSA) is 84.6 Å². The molecule has 0 saturated carbocycles. The Morgan fingerprint density at radius 1 is 1.53 bits per heavy atom. The van der Waals surface area contributed by atoms with E-state index < -0.39 is 6.09 Å². The van der Waals surface area contributed by atoms with E-state index in [1.165, 1.54) is 0 Å². The lowest BCUT2D eigenvalue weighted by atomic mass is 9.75. The first-order chi connectivity index (χ1) is 8.84. The van der Waals surface area contributed by atoms with Gasteiger partial charge in [0.15, 0.2) is 0 Å². The summed E-state index contributed by atoms with van der Waals surface area (Å²) >= 11 is 0. The molecule has 0 aromatic heterocycles. The van der Waals surface area contributed by atoms with E-state index in [0.29, 0.717) is 12.5 Å². The van der Waals surface area contributed by atoms with Gasteiger partial charge in [-0.25, -0.2) is 4.79 Å². The van der Waals surface area contributed by atoms with Crippen LogP contribution in [0.5, 0.6) is 0 Å². The van der Waals surface area contributed by atoms with Crippen molar-refractivity contribution in [2.75, 3.05) is 19.8 Å². The number of amides is 1. The molecular formula is C14H28N2O3. The average molecular weight is 272 g/mol. The Kier molecular flexibility index (Phi) is 6.07. The highest BCUT2D eigenvalue weighted by Gasteiger charge is 2.34. The van der Waals surface area contributed by atoms with Crippen LogP contribution in [-0.2, 0) is 4.74 Å². The molecule has 0 radical (unpaired) electrons. The molecule has 0 bridgehead atoms. The average Bonchev–Trinajstić information content (AvgIpc) is 2.33. The van der Waals surface area contributed by atoms with E-state index in [1.54, 1.807) is 0 Å². The fourth-order valence-corrected chi connectivity index (χ4v) is 2.96. The molecule has 1 fully saturated rings. The fraction of sp³-hybridized carbons (Fsp3) is 0.929. The van der Waals surface area contributed by atoms with Crippen LogP contribution in [-0.4, -0.2) is 37.0 Å². The maximum absolute atomic E-state index is 11.0. The summed E-state index contributed by atoms with van der Waals surface area (Å²) in [4.78, 5) is 11.0. The summed E-state index contributed by atoms with van der Waals surface area (Å²) in [5, 5.41) is 11.7. The summed E-state index contributed by atoms with van der Waals surface area (Å²) in [5.74, 6) is 0.658. The lowest BCUT2D eigenvalue weighted by Crippen LogP contribution is -2.51. The second-order valence-corrected chi connectivity index (χ2v) is 6.61. The highest BCUT2D eigenvalue weighted by Crippen LogP contribution is 2.31. The van der Waals surface area contributed by atoms with E-state index in [2.05, 4.69) is 5.32 Å². The molecule has 4 N–H and O–H groups in total. The summed E-state index contributed by atoms with van der Waals surface area (Å²) in [6, 6.07) is -0.128. The fourth-order valence-electron chi connectivity index (χ4n) is 2.96. The van der Waals surface area contributed by atoms with E-state index >= 15 is 0 Å². The quantitative estimate of drug-likeness (QED) is 0.715. The Bertz CT molecular complexity index is 283. The van der Waals surface area contributed by atoms with Crippen molar-refractivity contribution in [1.29, 1.82) is 0 Å². The highest BCUT2D eigenvalue weighted by atomic mass is 16.5. The van der Waals surface area contributed by atoms with Gasteiger partial charge < -0.3 is 20.9 Å². The smallest absolute Gasteiger partial charge is 0.404 e. The summed E-state index contributed by atoms with van der Waals surface area (Å²) in [5.41, 5.74) is 5.75. The lowest BCUT2D eigenvalue weighted by Gasteiger charge is -2.38. The second kappa shape index (κ2) is 7.10. The van der Waals surface area contributed by atoms with Crippen LogP contribution in [0.2, 0.25) is 0 Å².